The number of hydrogen-bond acceptors (Lipinski definition) is 3. The van der Waals surface area contributed by atoms with E-state index in [9.17, 15) is 0 Å². The van der Waals surface area contributed by atoms with Crippen LogP contribution in [0.2, 0.25) is 0 Å². The number of halogens is 1. The molecule has 27 heavy (non-hydrogen) atoms. The fourth-order valence-electron chi connectivity index (χ4n) is 4.05. The first-order valence-electron chi connectivity index (χ1n) is 10.2. The van der Waals surface area contributed by atoms with Crippen molar-refractivity contribution in [3.05, 3.63) is 18.0 Å². The first kappa shape index (κ1) is 24.2. The third-order valence-electron chi connectivity index (χ3n) is 5.70. The highest BCUT2D eigenvalue weighted by Crippen LogP contribution is 2.27. The van der Waals surface area contributed by atoms with Gasteiger partial charge in [-0.3, -0.25) is 9.67 Å². The SMILES string of the molecule is CCNC(=NCC(C(CC)CC)N(C)C)N1CCC(c2cnn(C)c2)C1.I. The van der Waals surface area contributed by atoms with Crippen LogP contribution < -0.4 is 5.32 Å². The molecule has 1 aromatic heterocycles. The maximum absolute atomic E-state index is 5.04. The third-order valence-corrected chi connectivity index (χ3v) is 5.70. The van der Waals surface area contributed by atoms with Crippen LogP contribution in [0.5, 0.6) is 0 Å². The van der Waals surface area contributed by atoms with Gasteiger partial charge in [0.25, 0.3) is 0 Å². The van der Waals surface area contributed by atoms with E-state index in [-0.39, 0.29) is 24.0 Å². The van der Waals surface area contributed by atoms with E-state index < -0.39 is 0 Å². The van der Waals surface area contributed by atoms with Crippen LogP contribution in [0.4, 0.5) is 0 Å². The van der Waals surface area contributed by atoms with E-state index in [4.69, 9.17) is 4.99 Å². The molecule has 1 fully saturated rings. The van der Waals surface area contributed by atoms with E-state index >= 15 is 0 Å². The highest BCUT2D eigenvalue weighted by Gasteiger charge is 2.27. The van der Waals surface area contributed by atoms with Crippen molar-refractivity contribution in [3.63, 3.8) is 0 Å². The van der Waals surface area contributed by atoms with Crippen molar-refractivity contribution in [2.24, 2.45) is 18.0 Å². The van der Waals surface area contributed by atoms with Crippen molar-refractivity contribution < 1.29 is 0 Å². The summed E-state index contributed by atoms with van der Waals surface area (Å²) in [5, 5.41) is 7.84. The minimum absolute atomic E-state index is 0. The lowest BCUT2D eigenvalue weighted by atomic mass is 9.93. The zero-order chi connectivity index (χ0) is 19.1. The molecule has 2 unspecified atom stereocenters. The largest absolute Gasteiger partial charge is 0.357 e. The van der Waals surface area contributed by atoms with Crippen LogP contribution in [0.1, 0.15) is 51.5 Å². The number of aliphatic imine (C=N–C) groups is 1. The minimum atomic E-state index is 0. The second-order valence-electron chi connectivity index (χ2n) is 7.68. The summed E-state index contributed by atoms with van der Waals surface area (Å²) in [6.07, 6.45) is 7.73. The van der Waals surface area contributed by atoms with Gasteiger partial charge in [-0.15, -0.1) is 24.0 Å². The molecule has 0 bridgehead atoms. The summed E-state index contributed by atoms with van der Waals surface area (Å²) in [5.74, 6) is 2.31. The van der Waals surface area contributed by atoms with Crippen LogP contribution in [0.3, 0.4) is 0 Å². The van der Waals surface area contributed by atoms with Gasteiger partial charge in [-0.2, -0.15) is 5.10 Å². The first-order chi connectivity index (χ1) is 12.5. The van der Waals surface area contributed by atoms with Gasteiger partial charge in [0.05, 0.1) is 12.7 Å². The number of nitrogens with one attached hydrogen (secondary N) is 1. The van der Waals surface area contributed by atoms with E-state index in [0.717, 1.165) is 32.1 Å². The van der Waals surface area contributed by atoms with Gasteiger partial charge in [0.1, 0.15) is 0 Å². The summed E-state index contributed by atoms with van der Waals surface area (Å²) < 4.78 is 1.90. The molecular weight excluding hydrogens is 451 g/mol. The number of hydrogen-bond donors (Lipinski definition) is 1. The number of guanidine groups is 1. The van der Waals surface area contributed by atoms with Gasteiger partial charge in [0.15, 0.2) is 5.96 Å². The van der Waals surface area contributed by atoms with E-state index in [1.54, 1.807) is 0 Å². The molecule has 0 radical (unpaired) electrons. The Bertz CT molecular complexity index is 567. The fourth-order valence-corrected chi connectivity index (χ4v) is 4.05. The molecule has 0 saturated carbocycles. The highest BCUT2D eigenvalue weighted by atomic mass is 127. The molecular formula is C20H39IN6. The summed E-state index contributed by atoms with van der Waals surface area (Å²) in [6.45, 7) is 10.6. The molecule has 7 heteroatoms. The second kappa shape index (κ2) is 11.9. The maximum Gasteiger partial charge on any atom is 0.193 e. The Balaban J connectivity index is 0.00000364. The van der Waals surface area contributed by atoms with Gasteiger partial charge in [-0.25, -0.2) is 0 Å². The summed E-state index contributed by atoms with van der Waals surface area (Å²) in [4.78, 5) is 9.79. The Kier molecular flexibility index (Phi) is 10.7. The van der Waals surface area contributed by atoms with Gasteiger partial charge >= 0.3 is 0 Å². The lowest BCUT2D eigenvalue weighted by Gasteiger charge is -2.31. The molecule has 2 atom stereocenters. The van der Waals surface area contributed by atoms with Crippen molar-refractivity contribution in [1.82, 2.24) is 24.9 Å². The second-order valence-corrected chi connectivity index (χ2v) is 7.68. The predicted molar refractivity (Wildman–Crippen MR) is 125 cm³/mol. The Morgan fingerprint density at radius 3 is 2.56 bits per heavy atom. The van der Waals surface area contributed by atoms with Crippen molar-refractivity contribution in [2.75, 3.05) is 40.3 Å². The molecule has 156 valence electrons. The Morgan fingerprint density at radius 2 is 2.04 bits per heavy atom. The summed E-state index contributed by atoms with van der Waals surface area (Å²) in [7, 11) is 6.35. The first-order valence-corrected chi connectivity index (χ1v) is 10.2. The molecule has 0 aromatic carbocycles. The van der Waals surface area contributed by atoms with E-state index in [1.807, 2.05) is 17.9 Å². The number of likely N-dealkylation sites (tertiary alicyclic amines) is 1. The summed E-state index contributed by atoms with van der Waals surface area (Å²) in [5.41, 5.74) is 1.34. The van der Waals surface area contributed by atoms with Crippen LogP contribution >= 0.6 is 24.0 Å². The van der Waals surface area contributed by atoms with Crippen molar-refractivity contribution in [1.29, 1.82) is 0 Å². The highest BCUT2D eigenvalue weighted by molar-refractivity contribution is 14.0. The van der Waals surface area contributed by atoms with Gasteiger partial charge in [0, 0.05) is 44.8 Å². The van der Waals surface area contributed by atoms with Gasteiger partial charge in [-0.05, 0) is 38.9 Å². The topological polar surface area (TPSA) is 48.7 Å². The smallest absolute Gasteiger partial charge is 0.193 e. The standard InChI is InChI=1S/C20H38N6.HI/c1-7-16(8-2)19(24(4)5)13-22-20(21-9-3)26-11-10-17(15-26)18-12-23-25(6)14-18;/h12,14,16-17,19H,7-11,13,15H2,1-6H3,(H,21,22);1H. The van der Waals surface area contributed by atoms with Crippen molar-refractivity contribution in [2.45, 2.75) is 52.0 Å². The third kappa shape index (κ3) is 6.62. The average molecular weight is 490 g/mol. The van der Waals surface area contributed by atoms with Crippen LogP contribution in [-0.2, 0) is 7.05 Å². The monoisotopic (exact) mass is 490 g/mol. The molecule has 1 N–H and O–H groups in total. The van der Waals surface area contributed by atoms with Crippen LogP contribution in [0.15, 0.2) is 17.4 Å². The zero-order valence-corrected chi connectivity index (χ0v) is 20.3. The number of aryl methyl sites for hydroxylation is 1. The normalized spacial score (nSPS) is 18.9. The summed E-state index contributed by atoms with van der Waals surface area (Å²) in [6, 6.07) is 0.496. The average Bonchev–Trinajstić information content (AvgIpc) is 3.26. The molecule has 1 aliphatic heterocycles. The molecule has 2 rings (SSSR count). The van der Waals surface area contributed by atoms with Crippen LogP contribution in [0.25, 0.3) is 0 Å². The lowest BCUT2D eigenvalue weighted by molar-refractivity contribution is 0.205. The quantitative estimate of drug-likeness (QED) is 0.346. The molecule has 0 spiro atoms. The maximum atomic E-state index is 5.04. The molecule has 0 amide bonds. The molecule has 1 saturated heterocycles. The van der Waals surface area contributed by atoms with E-state index in [2.05, 4.69) is 61.3 Å². The molecule has 6 nitrogen and oxygen atoms in total. The Hall–Kier alpha value is -0.830. The summed E-state index contributed by atoms with van der Waals surface area (Å²) >= 11 is 0. The van der Waals surface area contributed by atoms with Gasteiger partial charge in [0.2, 0.25) is 0 Å². The lowest BCUT2D eigenvalue weighted by Crippen LogP contribution is -2.42. The van der Waals surface area contributed by atoms with Gasteiger partial charge in [-0.1, -0.05) is 26.7 Å². The molecule has 2 heterocycles. The Labute approximate surface area is 182 Å². The molecule has 1 aromatic rings. The fraction of sp³-hybridized carbons (Fsp3) is 0.800. The Morgan fingerprint density at radius 1 is 1.33 bits per heavy atom. The minimum Gasteiger partial charge on any atom is -0.357 e. The predicted octanol–water partition coefficient (Wildman–Crippen LogP) is 3.16. The van der Waals surface area contributed by atoms with Crippen LogP contribution in [-0.4, -0.2) is 71.9 Å². The number of nitrogens with zero attached hydrogens (tertiary/aromatic N) is 5. The number of aromatic nitrogens is 2. The zero-order valence-electron chi connectivity index (χ0n) is 18.0. The number of rotatable bonds is 8. The van der Waals surface area contributed by atoms with Crippen molar-refractivity contribution in [3.8, 4) is 0 Å². The van der Waals surface area contributed by atoms with E-state index in [1.165, 1.54) is 24.8 Å². The van der Waals surface area contributed by atoms with Crippen molar-refractivity contribution >= 4 is 29.9 Å². The molecule has 1 aliphatic rings. The number of likely N-dealkylation sites (N-methyl/N-ethyl adjacent to an activating group) is 1. The van der Waals surface area contributed by atoms with Crippen LogP contribution in [0, 0.1) is 5.92 Å². The van der Waals surface area contributed by atoms with E-state index in [0.29, 0.717) is 17.9 Å². The van der Waals surface area contributed by atoms with Gasteiger partial charge < -0.3 is 15.1 Å². The molecule has 0 aliphatic carbocycles.